The lowest BCUT2D eigenvalue weighted by Gasteiger charge is -2.13. The van der Waals surface area contributed by atoms with E-state index in [1.807, 2.05) is 20.8 Å². The highest BCUT2D eigenvalue weighted by molar-refractivity contribution is 5.99. The molecule has 1 amide bonds. The molecule has 2 rings (SSSR count). The van der Waals surface area contributed by atoms with Gasteiger partial charge < -0.3 is 10.1 Å². The van der Waals surface area contributed by atoms with E-state index < -0.39 is 5.82 Å². The molecule has 0 atom stereocenters. The molecule has 0 unspecified atom stereocenters. The smallest absolute Gasteiger partial charge is 0.259 e. The van der Waals surface area contributed by atoms with E-state index in [0.717, 1.165) is 16.8 Å². The zero-order valence-corrected chi connectivity index (χ0v) is 15.7. The molecule has 2 N–H and O–H groups in total. The number of hydrazone groups is 1. The average molecular weight is 357 g/mol. The van der Waals surface area contributed by atoms with Gasteiger partial charge in [-0.05, 0) is 57.0 Å². The second kappa shape index (κ2) is 8.47. The maximum absolute atomic E-state index is 13.7. The minimum atomic E-state index is -0.474. The summed E-state index contributed by atoms with van der Waals surface area (Å²) >= 11 is 0. The number of carbonyl (C=O) groups excluding carboxylic acids is 1. The number of nitrogens with zero attached hydrogens (tertiary/aromatic N) is 1. The third-order valence-corrected chi connectivity index (χ3v) is 4.02. The highest BCUT2D eigenvalue weighted by atomic mass is 19.1. The molecule has 0 aliphatic rings. The van der Waals surface area contributed by atoms with Crippen molar-refractivity contribution in [3.63, 3.8) is 0 Å². The van der Waals surface area contributed by atoms with Gasteiger partial charge in [0.1, 0.15) is 0 Å². The fourth-order valence-corrected chi connectivity index (χ4v) is 2.77. The molecule has 0 aliphatic heterocycles. The third-order valence-electron chi connectivity index (χ3n) is 4.02. The Morgan fingerprint density at radius 3 is 2.38 bits per heavy atom. The molecule has 0 radical (unpaired) electrons. The standard InChI is InChI=1S/C20H24FN3O2/c1-12-8-13(2)20(14(3)9-12)22-11-19(25)24-23-15(4)16-6-7-18(26-5)17(21)10-16/h6-10,22H,11H2,1-5H3,(H,24,25)/b23-15-. The Morgan fingerprint density at radius 1 is 1.15 bits per heavy atom. The van der Waals surface area contributed by atoms with Gasteiger partial charge in [-0.3, -0.25) is 4.79 Å². The monoisotopic (exact) mass is 357 g/mol. The fraction of sp³-hybridized carbons (Fsp3) is 0.300. The third kappa shape index (κ3) is 4.81. The summed E-state index contributed by atoms with van der Waals surface area (Å²) in [6.45, 7) is 7.83. The number of ether oxygens (including phenoxy) is 1. The van der Waals surface area contributed by atoms with Gasteiger partial charge in [0.25, 0.3) is 5.91 Å². The van der Waals surface area contributed by atoms with Crippen molar-refractivity contribution in [1.29, 1.82) is 0 Å². The van der Waals surface area contributed by atoms with Crippen molar-refractivity contribution in [3.05, 3.63) is 58.4 Å². The molecule has 0 heterocycles. The highest BCUT2D eigenvalue weighted by Gasteiger charge is 2.08. The number of rotatable bonds is 6. The van der Waals surface area contributed by atoms with Crippen molar-refractivity contribution < 1.29 is 13.9 Å². The first kappa shape index (κ1) is 19.4. The van der Waals surface area contributed by atoms with Gasteiger partial charge in [0.2, 0.25) is 0 Å². The van der Waals surface area contributed by atoms with E-state index in [9.17, 15) is 9.18 Å². The van der Waals surface area contributed by atoms with E-state index in [1.165, 1.54) is 24.8 Å². The number of anilines is 1. The van der Waals surface area contributed by atoms with Crippen molar-refractivity contribution in [1.82, 2.24) is 5.43 Å². The van der Waals surface area contributed by atoms with Crippen LogP contribution < -0.4 is 15.5 Å². The minimum absolute atomic E-state index is 0.0957. The summed E-state index contributed by atoms with van der Waals surface area (Å²) in [7, 11) is 1.41. The Morgan fingerprint density at radius 2 is 1.81 bits per heavy atom. The van der Waals surface area contributed by atoms with E-state index in [4.69, 9.17) is 4.74 Å². The first-order valence-corrected chi connectivity index (χ1v) is 8.30. The molecule has 0 fully saturated rings. The van der Waals surface area contributed by atoms with Gasteiger partial charge in [-0.2, -0.15) is 5.10 Å². The van der Waals surface area contributed by atoms with Crippen LogP contribution in [0.5, 0.6) is 5.75 Å². The van der Waals surface area contributed by atoms with Crippen molar-refractivity contribution in [3.8, 4) is 5.75 Å². The summed E-state index contributed by atoms with van der Waals surface area (Å²) in [4.78, 5) is 12.0. The predicted molar refractivity (Wildman–Crippen MR) is 102 cm³/mol. The van der Waals surface area contributed by atoms with Crippen LogP contribution >= 0.6 is 0 Å². The summed E-state index contributed by atoms with van der Waals surface area (Å²) in [5.74, 6) is -0.589. The lowest BCUT2D eigenvalue weighted by atomic mass is 10.1. The van der Waals surface area contributed by atoms with Gasteiger partial charge in [0, 0.05) is 11.3 Å². The summed E-state index contributed by atoms with van der Waals surface area (Å²) in [6.07, 6.45) is 0. The maximum Gasteiger partial charge on any atom is 0.259 e. The van der Waals surface area contributed by atoms with Crippen LogP contribution in [0.3, 0.4) is 0 Å². The molecule has 0 saturated carbocycles. The lowest BCUT2D eigenvalue weighted by Crippen LogP contribution is -2.27. The molecule has 26 heavy (non-hydrogen) atoms. The van der Waals surface area contributed by atoms with Crippen molar-refractivity contribution >= 4 is 17.3 Å². The molecule has 2 aromatic rings. The zero-order valence-electron chi connectivity index (χ0n) is 15.7. The van der Waals surface area contributed by atoms with Crippen molar-refractivity contribution in [2.24, 2.45) is 5.10 Å². The second-order valence-electron chi connectivity index (χ2n) is 6.21. The SMILES string of the molecule is COc1ccc(/C(C)=N\NC(=O)CNc2c(C)cc(C)cc2C)cc1F. The van der Waals surface area contributed by atoms with Gasteiger partial charge in [0.15, 0.2) is 11.6 Å². The number of aryl methyl sites for hydroxylation is 3. The summed E-state index contributed by atoms with van der Waals surface area (Å²) < 4.78 is 18.6. The first-order valence-electron chi connectivity index (χ1n) is 8.30. The van der Waals surface area contributed by atoms with Crippen LogP contribution in [0.4, 0.5) is 10.1 Å². The normalized spacial score (nSPS) is 11.2. The Balaban J connectivity index is 1.98. The molecule has 5 nitrogen and oxygen atoms in total. The van der Waals surface area contributed by atoms with E-state index in [-0.39, 0.29) is 18.2 Å². The molecular weight excluding hydrogens is 333 g/mol. The molecule has 0 saturated heterocycles. The maximum atomic E-state index is 13.7. The molecule has 6 heteroatoms. The van der Waals surface area contributed by atoms with Crippen LogP contribution in [-0.4, -0.2) is 25.3 Å². The number of halogens is 1. The number of amides is 1. The molecule has 138 valence electrons. The fourth-order valence-electron chi connectivity index (χ4n) is 2.77. The van der Waals surface area contributed by atoms with E-state index in [2.05, 4.69) is 28.0 Å². The van der Waals surface area contributed by atoms with Crippen LogP contribution in [0.2, 0.25) is 0 Å². The van der Waals surface area contributed by atoms with Crippen LogP contribution in [0.25, 0.3) is 0 Å². The van der Waals surface area contributed by atoms with Gasteiger partial charge in [0.05, 0.1) is 19.4 Å². The molecular formula is C20H24FN3O2. The summed E-state index contributed by atoms with van der Waals surface area (Å²) in [5.41, 5.74) is 7.86. The second-order valence-corrected chi connectivity index (χ2v) is 6.21. The zero-order chi connectivity index (χ0) is 19.3. The van der Waals surface area contributed by atoms with Gasteiger partial charge in [-0.15, -0.1) is 0 Å². The number of hydrogen-bond acceptors (Lipinski definition) is 4. The number of hydrogen-bond donors (Lipinski definition) is 2. The van der Waals surface area contributed by atoms with Crippen molar-refractivity contribution in [2.75, 3.05) is 19.0 Å². The Kier molecular flexibility index (Phi) is 6.33. The summed E-state index contributed by atoms with van der Waals surface area (Å²) in [6, 6.07) is 8.66. The van der Waals surface area contributed by atoms with Gasteiger partial charge in [-0.25, -0.2) is 9.82 Å². The van der Waals surface area contributed by atoms with Crippen molar-refractivity contribution in [2.45, 2.75) is 27.7 Å². The van der Waals surface area contributed by atoms with Gasteiger partial charge in [-0.1, -0.05) is 17.7 Å². The van der Waals surface area contributed by atoms with Crippen LogP contribution in [0.15, 0.2) is 35.4 Å². The Bertz CT molecular complexity index is 824. The quantitative estimate of drug-likeness (QED) is 0.612. The largest absolute Gasteiger partial charge is 0.494 e. The number of carbonyl (C=O) groups is 1. The molecule has 0 aliphatic carbocycles. The number of methoxy groups -OCH3 is 1. The van der Waals surface area contributed by atoms with E-state index in [1.54, 1.807) is 13.0 Å². The predicted octanol–water partition coefficient (Wildman–Crippen LogP) is 3.71. The Hall–Kier alpha value is -2.89. The first-order chi connectivity index (χ1) is 12.3. The number of benzene rings is 2. The average Bonchev–Trinajstić information content (AvgIpc) is 2.58. The number of nitrogens with one attached hydrogen (secondary N) is 2. The summed E-state index contributed by atoms with van der Waals surface area (Å²) in [5, 5.41) is 7.17. The lowest BCUT2D eigenvalue weighted by molar-refractivity contribution is -0.119. The molecule has 0 spiro atoms. The van der Waals surface area contributed by atoms with E-state index >= 15 is 0 Å². The highest BCUT2D eigenvalue weighted by Crippen LogP contribution is 2.21. The molecule has 0 aromatic heterocycles. The van der Waals surface area contributed by atoms with Crippen LogP contribution in [-0.2, 0) is 4.79 Å². The molecule has 0 bridgehead atoms. The van der Waals surface area contributed by atoms with Crippen LogP contribution in [0.1, 0.15) is 29.2 Å². The Labute approximate surface area is 153 Å². The minimum Gasteiger partial charge on any atom is -0.494 e. The van der Waals surface area contributed by atoms with Crippen LogP contribution in [0, 0.1) is 26.6 Å². The molecule has 2 aromatic carbocycles. The van der Waals surface area contributed by atoms with Gasteiger partial charge >= 0.3 is 0 Å². The topological polar surface area (TPSA) is 62.7 Å². The van der Waals surface area contributed by atoms with E-state index in [0.29, 0.717) is 11.3 Å².